The van der Waals surface area contributed by atoms with E-state index in [-0.39, 0.29) is 11.8 Å². The van der Waals surface area contributed by atoms with Crippen LogP contribution < -0.4 is 15.5 Å². The van der Waals surface area contributed by atoms with Gasteiger partial charge in [-0.05, 0) is 43.0 Å². The van der Waals surface area contributed by atoms with E-state index in [4.69, 9.17) is 15.5 Å². The van der Waals surface area contributed by atoms with E-state index in [2.05, 4.69) is 17.9 Å². The number of benzene rings is 2. The van der Waals surface area contributed by atoms with Gasteiger partial charge < -0.3 is 15.4 Å². The van der Waals surface area contributed by atoms with Crippen molar-refractivity contribution in [1.29, 1.82) is 0 Å². The van der Waals surface area contributed by atoms with Crippen molar-refractivity contribution >= 4 is 29.5 Å². The van der Waals surface area contributed by atoms with E-state index in [0.29, 0.717) is 12.2 Å². The standard InChI is InChI=1S/C30H39N5O3/c1-2-15-34-27-14-7-6-10-24(27)21-32-30(28(34)36,25-11-4-3-5-12-25)35(29(31)37)26-13-8-9-23(20-26)22-33-16-18-38-19-17-33/h6-10,13-14,20-21,25H,2-5,11-12,15-19,22H2,1H3,(H2,31,37). The third-order valence-corrected chi connectivity index (χ3v) is 8.05. The van der Waals surface area contributed by atoms with E-state index in [0.717, 1.165) is 88.2 Å². The molecule has 8 heteroatoms. The van der Waals surface area contributed by atoms with Gasteiger partial charge in [-0.15, -0.1) is 0 Å². The molecule has 2 aliphatic heterocycles. The number of benzodiazepines with no additional fused rings is 1. The number of carbonyl (C=O) groups is 2. The molecule has 2 fully saturated rings. The number of carbonyl (C=O) groups excluding carboxylic acids is 2. The van der Waals surface area contributed by atoms with Crippen LogP contribution in [0.15, 0.2) is 53.5 Å². The van der Waals surface area contributed by atoms with Gasteiger partial charge in [0.2, 0.25) is 5.66 Å². The molecule has 1 saturated carbocycles. The highest BCUT2D eigenvalue weighted by atomic mass is 16.5. The van der Waals surface area contributed by atoms with Crippen LogP contribution in [0.2, 0.25) is 0 Å². The zero-order chi connectivity index (χ0) is 26.5. The van der Waals surface area contributed by atoms with Crippen molar-refractivity contribution in [3.63, 3.8) is 0 Å². The number of ether oxygens (including phenoxy) is 1. The second-order valence-electron chi connectivity index (χ2n) is 10.6. The third kappa shape index (κ3) is 5.07. The minimum absolute atomic E-state index is 0.135. The highest BCUT2D eigenvalue weighted by Crippen LogP contribution is 2.43. The van der Waals surface area contributed by atoms with E-state index in [1.54, 1.807) is 6.21 Å². The summed E-state index contributed by atoms with van der Waals surface area (Å²) in [5.74, 6) is -0.311. The van der Waals surface area contributed by atoms with Crippen molar-refractivity contribution in [2.45, 2.75) is 57.7 Å². The normalized spacial score (nSPS) is 22.7. The van der Waals surface area contributed by atoms with Crippen molar-refractivity contribution < 1.29 is 14.3 Å². The Morgan fingerprint density at radius 3 is 2.61 bits per heavy atom. The van der Waals surface area contributed by atoms with Gasteiger partial charge in [0.1, 0.15) is 0 Å². The number of fused-ring (bicyclic) bond motifs is 1. The molecule has 2 heterocycles. The minimum Gasteiger partial charge on any atom is -0.379 e. The Labute approximate surface area is 225 Å². The van der Waals surface area contributed by atoms with Crippen LogP contribution in [0.1, 0.15) is 56.6 Å². The maximum Gasteiger partial charge on any atom is 0.321 e. The zero-order valence-corrected chi connectivity index (χ0v) is 22.3. The average molecular weight is 518 g/mol. The average Bonchev–Trinajstić information content (AvgIpc) is 3.06. The van der Waals surface area contributed by atoms with Crippen LogP contribution in [0.4, 0.5) is 16.2 Å². The number of nitrogens with zero attached hydrogens (tertiary/aromatic N) is 4. The van der Waals surface area contributed by atoms with Gasteiger partial charge >= 0.3 is 6.03 Å². The number of primary amides is 1. The van der Waals surface area contributed by atoms with E-state index in [1.165, 1.54) is 4.90 Å². The molecule has 2 aromatic carbocycles. The zero-order valence-electron chi connectivity index (χ0n) is 22.3. The molecule has 0 bridgehead atoms. The smallest absolute Gasteiger partial charge is 0.321 e. The van der Waals surface area contributed by atoms with Crippen LogP contribution in [0, 0.1) is 5.92 Å². The molecule has 5 rings (SSSR count). The van der Waals surface area contributed by atoms with Gasteiger partial charge in [0, 0.05) is 49.6 Å². The number of nitrogens with two attached hydrogens (primary N) is 1. The number of hydrogen-bond acceptors (Lipinski definition) is 5. The van der Waals surface area contributed by atoms with Crippen molar-refractivity contribution in [1.82, 2.24) is 4.90 Å². The minimum atomic E-state index is -1.45. The number of morpholine rings is 1. The molecule has 1 atom stereocenters. The molecule has 1 aliphatic carbocycles. The van der Waals surface area contributed by atoms with E-state index in [1.807, 2.05) is 47.4 Å². The maximum absolute atomic E-state index is 14.8. The molecule has 3 aliphatic rings. The molecule has 0 radical (unpaired) electrons. The molecule has 2 aromatic rings. The first-order chi connectivity index (χ1) is 18.5. The summed E-state index contributed by atoms with van der Waals surface area (Å²) < 4.78 is 5.50. The van der Waals surface area contributed by atoms with Gasteiger partial charge in [0.15, 0.2) is 0 Å². The summed E-state index contributed by atoms with van der Waals surface area (Å²) in [6.45, 7) is 6.50. The second kappa shape index (κ2) is 11.7. The summed E-state index contributed by atoms with van der Waals surface area (Å²) in [7, 11) is 0. The Kier molecular flexibility index (Phi) is 8.09. The fourth-order valence-corrected chi connectivity index (χ4v) is 6.24. The summed E-state index contributed by atoms with van der Waals surface area (Å²) in [6, 6.07) is 15.0. The summed E-state index contributed by atoms with van der Waals surface area (Å²) in [6.07, 6.45) is 7.32. The first-order valence-corrected chi connectivity index (χ1v) is 14.0. The largest absolute Gasteiger partial charge is 0.379 e. The van der Waals surface area contributed by atoms with Crippen LogP contribution >= 0.6 is 0 Å². The van der Waals surface area contributed by atoms with Gasteiger partial charge in [-0.25, -0.2) is 4.79 Å². The first-order valence-electron chi connectivity index (χ1n) is 14.0. The van der Waals surface area contributed by atoms with Crippen molar-refractivity contribution in [3.05, 3.63) is 59.7 Å². The van der Waals surface area contributed by atoms with Gasteiger partial charge in [-0.3, -0.25) is 19.6 Å². The van der Waals surface area contributed by atoms with Crippen molar-refractivity contribution in [3.8, 4) is 0 Å². The lowest BCUT2D eigenvalue weighted by Crippen LogP contribution is -2.66. The Morgan fingerprint density at radius 1 is 1.11 bits per heavy atom. The third-order valence-electron chi connectivity index (χ3n) is 8.05. The molecule has 8 nitrogen and oxygen atoms in total. The van der Waals surface area contributed by atoms with E-state index in [9.17, 15) is 9.59 Å². The highest BCUT2D eigenvalue weighted by Gasteiger charge is 2.55. The summed E-state index contributed by atoms with van der Waals surface area (Å²) in [4.78, 5) is 38.9. The summed E-state index contributed by atoms with van der Waals surface area (Å²) >= 11 is 0. The molecule has 3 amide bonds. The molecular weight excluding hydrogens is 478 g/mol. The summed E-state index contributed by atoms with van der Waals surface area (Å²) in [5.41, 5.74) is 8.11. The lowest BCUT2D eigenvalue weighted by molar-refractivity contribution is -0.125. The Balaban J connectivity index is 1.63. The van der Waals surface area contributed by atoms with Crippen LogP contribution in [-0.4, -0.2) is 61.6 Å². The topological polar surface area (TPSA) is 91.5 Å². The molecule has 0 aromatic heterocycles. The van der Waals surface area contributed by atoms with Crippen LogP contribution in [0.3, 0.4) is 0 Å². The second-order valence-corrected chi connectivity index (χ2v) is 10.6. The van der Waals surface area contributed by atoms with E-state index < -0.39 is 11.7 Å². The molecule has 1 saturated heterocycles. The van der Waals surface area contributed by atoms with Crippen molar-refractivity contribution in [2.75, 3.05) is 42.6 Å². The number of hydrogen-bond donors (Lipinski definition) is 1. The number of urea groups is 1. The van der Waals surface area contributed by atoms with Crippen molar-refractivity contribution in [2.24, 2.45) is 16.6 Å². The number of aliphatic imine (C=N–C) groups is 1. The SMILES string of the molecule is CCCN1C(=O)C(C2CCCCC2)(N(C(N)=O)c2cccc(CN3CCOCC3)c2)N=Cc2ccccc21. The van der Waals surface area contributed by atoms with E-state index >= 15 is 0 Å². The Hall–Kier alpha value is -3.23. The van der Waals surface area contributed by atoms with Crippen LogP contribution in [0.5, 0.6) is 0 Å². The number of anilines is 2. The molecule has 38 heavy (non-hydrogen) atoms. The Bertz CT molecular complexity index is 1170. The van der Waals surface area contributed by atoms with Gasteiger partial charge in [0.05, 0.1) is 18.9 Å². The number of para-hydroxylation sites is 1. The number of rotatable bonds is 7. The summed E-state index contributed by atoms with van der Waals surface area (Å²) in [5, 5.41) is 0. The fraction of sp³-hybridized carbons (Fsp3) is 0.500. The van der Waals surface area contributed by atoms with Crippen LogP contribution in [-0.2, 0) is 16.1 Å². The molecule has 0 spiro atoms. The Morgan fingerprint density at radius 2 is 1.87 bits per heavy atom. The molecular formula is C30H39N5O3. The monoisotopic (exact) mass is 517 g/mol. The first kappa shape index (κ1) is 26.4. The number of amides is 3. The van der Waals surface area contributed by atoms with Gasteiger partial charge in [0.25, 0.3) is 5.91 Å². The van der Waals surface area contributed by atoms with Gasteiger partial charge in [-0.1, -0.05) is 56.5 Å². The maximum atomic E-state index is 14.8. The predicted octanol–water partition coefficient (Wildman–Crippen LogP) is 4.56. The van der Waals surface area contributed by atoms with Gasteiger partial charge in [-0.2, -0.15) is 0 Å². The lowest BCUT2D eigenvalue weighted by Gasteiger charge is -2.46. The highest BCUT2D eigenvalue weighted by molar-refractivity contribution is 6.12. The molecule has 2 N–H and O–H groups in total. The molecule has 202 valence electrons. The van der Waals surface area contributed by atoms with Crippen LogP contribution in [0.25, 0.3) is 0 Å². The quantitative estimate of drug-likeness (QED) is 0.583. The molecule has 1 unspecified atom stereocenters. The lowest BCUT2D eigenvalue weighted by atomic mass is 9.77. The fourth-order valence-electron chi connectivity index (χ4n) is 6.24. The predicted molar refractivity (Wildman–Crippen MR) is 151 cm³/mol.